The highest BCUT2D eigenvalue weighted by molar-refractivity contribution is 7.89. The van der Waals surface area contributed by atoms with Crippen LogP contribution in [0.1, 0.15) is 15.9 Å². The standard InChI is InChI=1S/C10H10F3NO4S/c1-14(2)19(17,18)6-3-4-7(9(15)16)8(5-6)10(11,12)13/h3-5H,1-2H3,(H,15,16). The van der Waals surface area contributed by atoms with E-state index in [4.69, 9.17) is 5.11 Å². The van der Waals surface area contributed by atoms with E-state index >= 15 is 0 Å². The molecule has 0 aliphatic rings. The molecule has 0 bridgehead atoms. The summed E-state index contributed by atoms with van der Waals surface area (Å²) in [5, 5.41) is 8.67. The lowest BCUT2D eigenvalue weighted by Crippen LogP contribution is -2.23. The van der Waals surface area contributed by atoms with Crippen LogP contribution < -0.4 is 0 Å². The van der Waals surface area contributed by atoms with Crippen molar-refractivity contribution in [1.82, 2.24) is 4.31 Å². The minimum atomic E-state index is -4.95. The Morgan fingerprint density at radius 3 is 2.16 bits per heavy atom. The molecule has 9 heteroatoms. The second-order valence-corrected chi connectivity index (χ2v) is 5.95. The lowest BCUT2D eigenvalue weighted by Gasteiger charge is -2.15. The van der Waals surface area contributed by atoms with Crippen molar-refractivity contribution in [3.63, 3.8) is 0 Å². The molecule has 0 fully saturated rings. The number of hydrogen-bond donors (Lipinski definition) is 1. The molecule has 1 aromatic carbocycles. The van der Waals surface area contributed by atoms with E-state index < -0.39 is 38.2 Å². The molecule has 106 valence electrons. The Labute approximate surface area is 107 Å². The molecule has 0 amide bonds. The van der Waals surface area contributed by atoms with Crippen molar-refractivity contribution in [3.8, 4) is 0 Å². The maximum Gasteiger partial charge on any atom is 0.417 e. The molecule has 1 N–H and O–H groups in total. The number of carboxylic acids is 1. The van der Waals surface area contributed by atoms with Crippen LogP contribution >= 0.6 is 0 Å². The summed E-state index contributed by atoms with van der Waals surface area (Å²) in [7, 11) is -1.74. The molecule has 0 aromatic heterocycles. The van der Waals surface area contributed by atoms with Crippen LogP contribution in [0.2, 0.25) is 0 Å². The zero-order valence-corrected chi connectivity index (χ0v) is 10.7. The molecule has 0 aliphatic carbocycles. The summed E-state index contributed by atoms with van der Waals surface area (Å²) in [5.74, 6) is -1.78. The van der Waals surface area contributed by atoms with Crippen molar-refractivity contribution >= 4 is 16.0 Å². The van der Waals surface area contributed by atoms with Gasteiger partial charge in [-0.15, -0.1) is 0 Å². The maximum absolute atomic E-state index is 12.7. The van der Waals surface area contributed by atoms with E-state index in [1.165, 1.54) is 0 Å². The monoisotopic (exact) mass is 297 g/mol. The molecule has 0 heterocycles. The fourth-order valence-corrected chi connectivity index (χ4v) is 2.24. The zero-order valence-electron chi connectivity index (χ0n) is 9.89. The number of halogens is 3. The van der Waals surface area contributed by atoms with E-state index in [1.807, 2.05) is 0 Å². The first-order valence-electron chi connectivity index (χ1n) is 4.85. The normalized spacial score (nSPS) is 12.7. The van der Waals surface area contributed by atoms with Crippen LogP contribution in [0.3, 0.4) is 0 Å². The fraction of sp³-hybridized carbons (Fsp3) is 0.300. The number of sulfonamides is 1. The lowest BCUT2D eigenvalue weighted by atomic mass is 10.1. The summed E-state index contributed by atoms with van der Waals surface area (Å²) < 4.78 is 62.3. The highest BCUT2D eigenvalue weighted by Gasteiger charge is 2.36. The Hall–Kier alpha value is -1.61. The molecule has 0 unspecified atom stereocenters. The number of nitrogens with zero attached hydrogens (tertiary/aromatic N) is 1. The molecule has 0 atom stereocenters. The van der Waals surface area contributed by atoms with Crippen LogP contribution in [0.15, 0.2) is 23.1 Å². The predicted octanol–water partition coefficient (Wildman–Crippen LogP) is 1.65. The second-order valence-electron chi connectivity index (χ2n) is 3.80. The molecule has 0 saturated heterocycles. The summed E-state index contributed by atoms with van der Waals surface area (Å²) in [6.45, 7) is 0. The van der Waals surface area contributed by atoms with Gasteiger partial charge in [0, 0.05) is 14.1 Å². The predicted molar refractivity (Wildman–Crippen MR) is 59.3 cm³/mol. The van der Waals surface area contributed by atoms with Gasteiger partial charge in [-0.3, -0.25) is 0 Å². The van der Waals surface area contributed by atoms with Crippen LogP contribution in [0, 0.1) is 0 Å². The van der Waals surface area contributed by atoms with Crippen molar-refractivity contribution in [2.45, 2.75) is 11.1 Å². The number of carboxylic acid groups (broad SMARTS) is 1. The summed E-state index contributed by atoms with van der Waals surface area (Å²) >= 11 is 0. The van der Waals surface area contributed by atoms with Crippen molar-refractivity contribution in [3.05, 3.63) is 29.3 Å². The van der Waals surface area contributed by atoms with Gasteiger partial charge < -0.3 is 5.11 Å². The van der Waals surface area contributed by atoms with E-state index in [0.29, 0.717) is 12.1 Å². The molecule has 1 rings (SSSR count). The van der Waals surface area contributed by atoms with Gasteiger partial charge in [-0.05, 0) is 18.2 Å². The molecule has 0 saturated carbocycles. The molecule has 0 aliphatic heterocycles. The van der Waals surface area contributed by atoms with Gasteiger partial charge in [0.15, 0.2) is 0 Å². The van der Waals surface area contributed by atoms with Gasteiger partial charge in [-0.2, -0.15) is 13.2 Å². The Bertz CT molecular complexity index is 608. The average Bonchev–Trinajstić information content (AvgIpc) is 2.26. The van der Waals surface area contributed by atoms with Crippen LogP contribution in [0.4, 0.5) is 13.2 Å². The van der Waals surface area contributed by atoms with Crippen LogP contribution in [-0.2, 0) is 16.2 Å². The highest BCUT2D eigenvalue weighted by Crippen LogP contribution is 2.34. The van der Waals surface area contributed by atoms with E-state index in [9.17, 15) is 26.4 Å². The third-order valence-electron chi connectivity index (χ3n) is 2.31. The zero-order chi connectivity index (χ0) is 15.0. The summed E-state index contributed by atoms with van der Waals surface area (Å²) in [5.41, 5.74) is -2.49. The first kappa shape index (κ1) is 15.4. The molecular weight excluding hydrogens is 287 g/mol. The topological polar surface area (TPSA) is 74.7 Å². The van der Waals surface area contributed by atoms with Crippen LogP contribution in [0.5, 0.6) is 0 Å². The van der Waals surface area contributed by atoms with E-state index in [1.54, 1.807) is 0 Å². The largest absolute Gasteiger partial charge is 0.478 e. The third kappa shape index (κ3) is 3.04. The fourth-order valence-electron chi connectivity index (χ4n) is 1.32. The number of rotatable bonds is 3. The van der Waals surface area contributed by atoms with Crippen molar-refractivity contribution in [2.75, 3.05) is 14.1 Å². The second kappa shape index (κ2) is 4.82. The van der Waals surface area contributed by atoms with Crippen LogP contribution in [0.25, 0.3) is 0 Å². The Morgan fingerprint density at radius 2 is 1.79 bits per heavy atom. The number of aromatic carboxylic acids is 1. The highest BCUT2D eigenvalue weighted by atomic mass is 32.2. The van der Waals surface area contributed by atoms with Crippen LogP contribution in [-0.4, -0.2) is 37.9 Å². The van der Waals surface area contributed by atoms with Gasteiger partial charge in [0.2, 0.25) is 10.0 Å². The SMILES string of the molecule is CN(C)S(=O)(=O)c1ccc(C(=O)O)c(C(F)(F)F)c1. The van der Waals surface area contributed by atoms with E-state index in [0.717, 1.165) is 24.5 Å². The van der Waals surface area contributed by atoms with Gasteiger partial charge in [0.1, 0.15) is 0 Å². The summed E-state index contributed by atoms with van der Waals surface area (Å²) in [4.78, 5) is 10.1. The average molecular weight is 297 g/mol. The minimum absolute atomic E-state index is 0.318. The molecule has 19 heavy (non-hydrogen) atoms. The molecule has 0 radical (unpaired) electrons. The Kier molecular flexibility index (Phi) is 3.92. The van der Waals surface area contributed by atoms with Gasteiger partial charge in [-0.1, -0.05) is 0 Å². The third-order valence-corrected chi connectivity index (χ3v) is 4.12. The first-order valence-corrected chi connectivity index (χ1v) is 6.29. The van der Waals surface area contributed by atoms with Crippen molar-refractivity contribution in [1.29, 1.82) is 0 Å². The quantitative estimate of drug-likeness (QED) is 0.920. The summed E-state index contributed by atoms with van der Waals surface area (Å²) in [6.07, 6.45) is -4.95. The number of benzene rings is 1. The number of alkyl halides is 3. The van der Waals surface area contributed by atoms with Gasteiger partial charge in [-0.25, -0.2) is 17.5 Å². The molecule has 1 aromatic rings. The first-order chi connectivity index (χ1) is 8.48. The Balaban J connectivity index is 3.57. The van der Waals surface area contributed by atoms with E-state index in [-0.39, 0.29) is 0 Å². The van der Waals surface area contributed by atoms with Gasteiger partial charge in [0.05, 0.1) is 16.0 Å². The molecular formula is C10H10F3NO4S. The smallest absolute Gasteiger partial charge is 0.417 e. The number of carbonyl (C=O) groups is 1. The maximum atomic E-state index is 12.7. The Morgan fingerprint density at radius 1 is 1.26 bits per heavy atom. The van der Waals surface area contributed by atoms with Crippen molar-refractivity contribution < 1.29 is 31.5 Å². The molecule has 5 nitrogen and oxygen atoms in total. The summed E-state index contributed by atoms with van der Waals surface area (Å²) in [6, 6.07) is 1.77. The van der Waals surface area contributed by atoms with Gasteiger partial charge >= 0.3 is 12.1 Å². The van der Waals surface area contributed by atoms with E-state index in [2.05, 4.69) is 0 Å². The minimum Gasteiger partial charge on any atom is -0.478 e. The van der Waals surface area contributed by atoms with Gasteiger partial charge in [0.25, 0.3) is 0 Å². The molecule has 0 spiro atoms. The van der Waals surface area contributed by atoms with Crippen molar-refractivity contribution in [2.24, 2.45) is 0 Å². The number of hydrogen-bond acceptors (Lipinski definition) is 3. The lowest BCUT2D eigenvalue weighted by molar-refractivity contribution is -0.138.